The minimum atomic E-state index is -0.246. The van der Waals surface area contributed by atoms with E-state index in [4.69, 9.17) is 11.6 Å². The van der Waals surface area contributed by atoms with Crippen LogP contribution < -0.4 is 5.32 Å². The van der Waals surface area contributed by atoms with Gasteiger partial charge in [-0.05, 0) is 24.0 Å². The zero-order valence-electron chi connectivity index (χ0n) is 10.6. The predicted molar refractivity (Wildman–Crippen MR) is 70.0 cm³/mol. The SMILES string of the molecule is CC(C)NCC1(c2cccc(Cl)c2F)CC1C. The number of nitrogens with one attached hydrogen (secondary N) is 1. The van der Waals surface area contributed by atoms with Gasteiger partial charge in [0.05, 0.1) is 5.02 Å². The van der Waals surface area contributed by atoms with E-state index >= 15 is 0 Å². The van der Waals surface area contributed by atoms with Crippen LogP contribution in [-0.4, -0.2) is 12.6 Å². The first-order chi connectivity index (χ1) is 7.97. The molecular formula is C14H19ClFN. The highest BCUT2D eigenvalue weighted by atomic mass is 35.5. The quantitative estimate of drug-likeness (QED) is 0.864. The molecule has 1 saturated carbocycles. The van der Waals surface area contributed by atoms with Crippen molar-refractivity contribution in [3.8, 4) is 0 Å². The molecule has 0 saturated heterocycles. The van der Waals surface area contributed by atoms with E-state index in [1.807, 2.05) is 12.1 Å². The Labute approximate surface area is 107 Å². The monoisotopic (exact) mass is 255 g/mol. The van der Waals surface area contributed by atoms with Gasteiger partial charge in [0.1, 0.15) is 5.82 Å². The van der Waals surface area contributed by atoms with Crippen LogP contribution in [0.5, 0.6) is 0 Å². The van der Waals surface area contributed by atoms with Gasteiger partial charge in [-0.1, -0.05) is 44.5 Å². The summed E-state index contributed by atoms with van der Waals surface area (Å²) in [7, 11) is 0. The van der Waals surface area contributed by atoms with Crippen molar-refractivity contribution in [2.24, 2.45) is 5.92 Å². The third kappa shape index (κ3) is 2.34. The van der Waals surface area contributed by atoms with Gasteiger partial charge < -0.3 is 5.32 Å². The van der Waals surface area contributed by atoms with Gasteiger partial charge in [-0.3, -0.25) is 0 Å². The molecule has 0 bridgehead atoms. The molecule has 0 heterocycles. The molecule has 0 radical (unpaired) electrons. The molecule has 94 valence electrons. The number of rotatable bonds is 4. The highest BCUT2D eigenvalue weighted by Gasteiger charge is 2.53. The fourth-order valence-corrected chi connectivity index (χ4v) is 2.65. The van der Waals surface area contributed by atoms with E-state index in [1.165, 1.54) is 0 Å². The van der Waals surface area contributed by atoms with E-state index < -0.39 is 0 Å². The summed E-state index contributed by atoms with van der Waals surface area (Å²) in [6.45, 7) is 7.20. The second-order valence-electron chi connectivity index (χ2n) is 5.40. The van der Waals surface area contributed by atoms with Crippen molar-refractivity contribution in [1.82, 2.24) is 5.32 Å². The van der Waals surface area contributed by atoms with E-state index in [9.17, 15) is 4.39 Å². The molecule has 2 atom stereocenters. The van der Waals surface area contributed by atoms with Crippen molar-refractivity contribution >= 4 is 11.6 Å². The maximum Gasteiger partial charge on any atom is 0.145 e. The van der Waals surface area contributed by atoms with Crippen LogP contribution in [0.1, 0.15) is 32.8 Å². The molecular weight excluding hydrogens is 237 g/mol. The zero-order valence-corrected chi connectivity index (χ0v) is 11.3. The van der Waals surface area contributed by atoms with Crippen LogP contribution in [0.4, 0.5) is 4.39 Å². The fraction of sp³-hybridized carbons (Fsp3) is 0.571. The minimum absolute atomic E-state index is 0.0563. The van der Waals surface area contributed by atoms with Gasteiger partial charge in [0, 0.05) is 18.0 Å². The number of hydrogen-bond acceptors (Lipinski definition) is 1. The summed E-state index contributed by atoms with van der Waals surface area (Å²) < 4.78 is 14.1. The van der Waals surface area contributed by atoms with Gasteiger partial charge in [-0.25, -0.2) is 4.39 Å². The summed E-state index contributed by atoms with van der Waals surface area (Å²) >= 11 is 5.86. The highest BCUT2D eigenvalue weighted by Crippen LogP contribution is 2.54. The zero-order chi connectivity index (χ0) is 12.6. The lowest BCUT2D eigenvalue weighted by Gasteiger charge is -2.21. The summed E-state index contributed by atoms with van der Waals surface area (Å²) in [5.74, 6) is 0.269. The largest absolute Gasteiger partial charge is 0.314 e. The molecule has 3 heteroatoms. The molecule has 0 aliphatic heterocycles. The van der Waals surface area contributed by atoms with Crippen LogP contribution in [0.15, 0.2) is 18.2 Å². The average Bonchev–Trinajstić information content (AvgIpc) is 2.92. The van der Waals surface area contributed by atoms with Crippen LogP contribution in [0, 0.1) is 11.7 Å². The summed E-state index contributed by atoms with van der Waals surface area (Å²) in [5, 5.41) is 3.64. The number of hydrogen-bond donors (Lipinski definition) is 1. The Kier molecular flexibility index (Phi) is 3.46. The maximum atomic E-state index is 14.1. The first-order valence-corrected chi connectivity index (χ1v) is 6.53. The standard InChI is InChI=1S/C14H19ClFN/c1-9(2)17-8-14(7-10(14)3)11-5-4-6-12(15)13(11)16/h4-6,9-10,17H,7-8H2,1-3H3. The smallest absolute Gasteiger partial charge is 0.145 e. The van der Waals surface area contributed by atoms with Crippen LogP contribution in [0.25, 0.3) is 0 Å². The number of halogens is 2. The molecule has 2 rings (SSSR count). The molecule has 1 aliphatic carbocycles. The molecule has 2 unspecified atom stereocenters. The topological polar surface area (TPSA) is 12.0 Å². The van der Waals surface area contributed by atoms with E-state index in [2.05, 4.69) is 26.1 Å². The summed E-state index contributed by atoms with van der Waals surface area (Å²) in [5.41, 5.74) is 0.713. The molecule has 1 aliphatic rings. The lowest BCUT2D eigenvalue weighted by atomic mass is 9.92. The molecule has 0 spiro atoms. The Balaban J connectivity index is 2.27. The van der Waals surface area contributed by atoms with Crippen LogP contribution >= 0.6 is 11.6 Å². The Hall–Kier alpha value is -0.600. The molecule has 1 aromatic carbocycles. The van der Waals surface area contributed by atoms with Gasteiger partial charge >= 0.3 is 0 Å². The van der Waals surface area contributed by atoms with Crippen LogP contribution in [0.2, 0.25) is 5.02 Å². The summed E-state index contributed by atoms with van der Waals surface area (Å²) in [6.07, 6.45) is 1.03. The van der Waals surface area contributed by atoms with Gasteiger partial charge in [0.15, 0.2) is 0 Å². The highest BCUT2D eigenvalue weighted by molar-refractivity contribution is 6.30. The Morgan fingerprint density at radius 3 is 2.71 bits per heavy atom. The van der Waals surface area contributed by atoms with E-state index in [-0.39, 0.29) is 16.3 Å². The van der Waals surface area contributed by atoms with Gasteiger partial charge in [-0.15, -0.1) is 0 Å². The third-order valence-corrected chi connectivity index (χ3v) is 4.06. The van der Waals surface area contributed by atoms with Crippen molar-refractivity contribution in [3.63, 3.8) is 0 Å². The van der Waals surface area contributed by atoms with Gasteiger partial charge in [0.2, 0.25) is 0 Å². The molecule has 1 N–H and O–H groups in total. The average molecular weight is 256 g/mol. The van der Waals surface area contributed by atoms with Crippen molar-refractivity contribution in [2.75, 3.05) is 6.54 Å². The van der Waals surface area contributed by atoms with E-state index in [0.29, 0.717) is 12.0 Å². The second-order valence-corrected chi connectivity index (χ2v) is 5.81. The van der Waals surface area contributed by atoms with Crippen molar-refractivity contribution < 1.29 is 4.39 Å². The summed E-state index contributed by atoms with van der Waals surface area (Å²) in [6, 6.07) is 5.73. The van der Waals surface area contributed by atoms with Crippen LogP contribution in [0.3, 0.4) is 0 Å². The van der Waals surface area contributed by atoms with Crippen molar-refractivity contribution in [3.05, 3.63) is 34.6 Å². The fourth-order valence-electron chi connectivity index (χ4n) is 2.48. The molecule has 0 aromatic heterocycles. The Morgan fingerprint density at radius 1 is 1.53 bits per heavy atom. The van der Waals surface area contributed by atoms with Crippen molar-refractivity contribution in [1.29, 1.82) is 0 Å². The molecule has 17 heavy (non-hydrogen) atoms. The van der Waals surface area contributed by atoms with Gasteiger partial charge in [-0.2, -0.15) is 0 Å². The van der Waals surface area contributed by atoms with Gasteiger partial charge in [0.25, 0.3) is 0 Å². The predicted octanol–water partition coefficient (Wildman–Crippen LogP) is 3.75. The van der Waals surface area contributed by atoms with Crippen LogP contribution in [-0.2, 0) is 5.41 Å². The molecule has 0 amide bonds. The third-order valence-electron chi connectivity index (χ3n) is 3.77. The lowest BCUT2D eigenvalue weighted by molar-refractivity contribution is 0.479. The molecule has 1 aromatic rings. The Bertz CT molecular complexity index is 419. The normalized spacial score (nSPS) is 27.5. The first kappa shape index (κ1) is 12.8. The lowest BCUT2D eigenvalue weighted by Crippen LogP contribution is -2.33. The molecule has 1 fully saturated rings. The summed E-state index contributed by atoms with van der Waals surface area (Å²) in [4.78, 5) is 0. The minimum Gasteiger partial charge on any atom is -0.314 e. The molecule has 1 nitrogen and oxygen atoms in total. The van der Waals surface area contributed by atoms with E-state index in [0.717, 1.165) is 18.5 Å². The first-order valence-electron chi connectivity index (χ1n) is 6.15. The van der Waals surface area contributed by atoms with Crippen molar-refractivity contribution in [2.45, 2.75) is 38.6 Å². The number of benzene rings is 1. The van der Waals surface area contributed by atoms with E-state index in [1.54, 1.807) is 6.07 Å². The second kappa shape index (κ2) is 4.58. The Morgan fingerprint density at radius 2 is 2.18 bits per heavy atom. The maximum absolute atomic E-state index is 14.1.